The smallest absolute Gasteiger partial charge is 0.217 e. The van der Waals surface area contributed by atoms with Crippen molar-refractivity contribution in [2.75, 3.05) is 13.7 Å². The van der Waals surface area contributed by atoms with Gasteiger partial charge >= 0.3 is 0 Å². The van der Waals surface area contributed by atoms with Gasteiger partial charge in [-0.1, -0.05) is 67.6 Å². The van der Waals surface area contributed by atoms with Gasteiger partial charge in [0.25, 0.3) is 0 Å². The average molecular weight is 659 g/mol. The Morgan fingerprint density at radius 3 is 1.38 bits per heavy atom. The fourth-order valence-electron chi connectivity index (χ4n) is 2.49. The SMILES string of the molecule is CCC(C)NC(C)=O.COCC(C)NC(C)=O.[CH2-]/C=C\c1ccccc1.[CH2-]/C=C\c1ccccc1.[Y].[Y]. The topological polar surface area (TPSA) is 67.4 Å². The molecule has 2 atom stereocenters. The predicted octanol–water partition coefficient (Wildman–Crippen LogP) is 6.14. The summed E-state index contributed by atoms with van der Waals surface area (Å²) in [5, 5.41) is 5.43. The van der Waals surface area contributed by atoms with E-state index in [-0.39, 0.29) is 83.3 Å². The first-order valence-electron chi connectivity index (χ1n) is 11.7. The van der Waals surface area contributed by atoms with Crippen LogP contribution in [0.3, 0.4) is 0 Å². The third-order valence-corrected chi connectivity index (χ3v) is 4.15. The Kier molecular flexibility index (Phi) is 35.9. The molecular weight excluding hydrogens is 614 g/mol. The number of nitrogens with one attached hydrogen (secondary N) is 2. The molecule has 2 amide bonds. The minimum absolute atomic E-state index is 0. The maximum atomic E-state index is 10.4. The largest absolute Gasteiger partial charge is 0.383 e. The van der Waals surface area contributed by atoms with Crippen molar-refractivity contribution in [1.82, 2.24) is 10.6 Å². The van der Waals surface area contributed by atoms with Crippen LogP contribution >= 0.6 is 0 Å². The van der Waals surface area contributed by atoms with Gasteiger partial charge in [0.05, 0.1) is 6.61 Å². The average Bonchev–Trinajstić information content (AvgIpc) is 2.81. The standard InChI is InChI=1S/2C9H9.C6H13NO2.C6H13NO.2Y/c2*1-2-6-9-7-4-3-5-8-9;1-5(4-9-3)7-6(2)8;1-4-5(2)7-6(3)8;;/h2*2-8H,1H2;5H,4H2,1-3H3,(H,7,8);5H,4H2,1-3H3,(H,7,8);;/q2*-1;;;;/b2*6-2-;;;;. The fraction of sp³-hybridized carbons (Fsp3) is 0.333. The van der Waals surface area contributed by atoms with Crippen LogP contribution in [0.5, 0.6) is 0 Å². The minimum atomic E-state index is -0.0143. The van der Waals surface area contributed by atoms with E-state index in [9.17, 15) is 9.59 Å². The number of amides is 2. The number of benzene rings is 2. The summed E-state index contributed by atoms with van der Waals surface area (Å²) < 4.78 is 4.79. The number of ether oxygens (including phenoxy) is 1. The third kappa shape index (κ3) is 32.7. The quantitative estimate of drug-likeness (QED) is 0.352. The van der Waals surface area contributed by atoms with Crippen LogP contribution in [0.25, 0.3) is 12.2 Å². The molecule has 0 spiro atoms. The monoisotopic (exact) mass is 658 g/mol. The van der Waals surface area contributed by atoms with Gasteiger partial charge in [0, 0.05) is 98.5 Å². The zero-order valence-electron chi connectivity index (χ0n) is 23.4. The van der Waals surface area contributed by atoms with E-state index in [1.165, 1.54) is 25.0 Å². The molecule has 7 heteroatoms. The molecule has 2 aromatic rings. The molecule has 0 saturated heterocycles. The molecule has 0 bridgehead atoms. The van der Waals surface area contributed by atoms with E-state index >= 15 is 0 Å². The van der Waals surface area contributed by atoms with Gasteiger partial charge in [-0.2, -0.15) is 0 Å². The van der Waals surface area contributed by atoms with Crippen molar-refractivity contribution < 1.29 is 79.7 Å². The summed E-state index contributed by atoms with van der Waals surface area (Å²) in [6, 6.07) is 20.7. The molecule has 2 unspecified atom stereocenters. The predicted molar refractivity (Wildman–Crippen MR) is 150 cm³/mol. The molecule has 37 heavy (non-hydrogen) atoms. The second kappa shape index (κ2) is 31.0. The van der Waals surface area contributed by atoms with Crippen molar-refractivity contribution in [3.05, 3.63) is 97.8 Å². The molecule has 0 aromatic heterocycles. The van der Waals surface area contributed by atoms with E-state index in [1.54, 1.807) is 19.3 Å². The van der Waals surface area contributed by atoms with Crippen LogP contribution in [0.1, 0.15) is 52.2 Å². The Hall–Kier alpha value is -1.23. The maximum Gasteiger partial charge on any atom is 0.217 e. The van der Waals surface area contributed by atoms with Gasteiger partial charge in [-0.05, 0) is 20.3 Å². The Balaban J connectivity index is -0.000000193. The van der Waals surface area contributed by atoms with Crippen molar-refractivity contribution in [1.29, 1.82) is 0 Å². The van der Waals surface area contributed by atoms with Gasteiger partial charge in [0.2, 0.25) is 11.8 Å². The first-order chi connectivity index (χ1) is 16.7. The molecule has 5 nitrogen and oxygen atoms in total. The van der Waals surface area contributed by atoms with Crippen molar-refractivity contribution in [2.45, 2.75) is 53.1 Å². The first kappa shape index (κ1) is 42.8. The van der Waals surface area contributed by atoms with Crippen LogP contribution in [0.4, 0.5) is 0 Å². The van der Waals surface area contributed by atoms with E-state index < -0.39 is 0 Å². The number of carbonyl (C=O) groups is 2. The molecule has 2 rings (SSSR count). The number of methoxy groups -OCH3 is 1. The van der Waals surface area contributed by atoms with Gasteiger partial charge in [-0.25, -0.2) is 38.2 Å². The molecule has 2 aromatic carbocycles. The van der Waals surface area contributed by atoms with E-state index in [1.807, 2.05) is 93.6 Å². The van der Waals surface area contributed by atoms with E-state index in [2.05, 4.69) is 24.5 Å². The number of rotatable bonds is 7. The summed E-state index contributed by atoms with van der Waals surface area (Å²) in [7, 11) is 1.61. The van der Waals surface area contributed by atoms with Crippen LogP contribution < -0.4 is 10.6 Å². The number of hydrogen-bond acceptors (Lipinski definition) is 3. The zero-order valence-corrected chi connectivity index (χ0v) is 29.1. The van der Waals surface area contributed by atoms with Crippen LogP contribution in [0.15, 0.2) is 72.8 Å². The molecule has 0 heterocycles. The summed E-state index contributed by atoms with van der Waals surface area (Å²) in [6.45, 7) is 16.7. The van der Waals surface area contributed by atoms with Gasteiger partial charge < -0.3 is 15.4 Å². The van der Waals surface area contributed by atoms with Crippen molar-refractivity contribution in [3.63, 3.8) is 0 Å². The van der Waals surface area contributed by atoms with Crippen LogP contribution in [-0.4, -0.2) is 37.6 Å². The van der Waals surface area contributed by atoms with Crippen molar-refractivity contribution >= 4 is 24.0 Å². The Morgan fingerprint density at radius 2 is 1.14 bits per heavy atom. The maximum absolute atomic E-state index is 10.4. The van der Waals surface area contributed by atoms with Crippen LogP contribution in [0, 0.1) is 13.8 Å². The fourth-order valence-corrected chi connectivity index (χ4v) is 2.49. The zero-order chi connectivity index (χ0) is 26.9. The second-order valence-corrected chi connectivity index (χ2v) is 7.69. The molecule has 0 saturated carbocycles. The Labute approximate surface area is 276 Å². The minimum Gasteiger partial charge on any atom is -0.383 e. The Bertz CT molecular complexity index is 782. The van der Waals surface area contributed by atoms with Crippen LogP contribution in [0.2, 0.25) is 0 Å². The van der Waals surface area contributed by atoms with Crippen LogP contribution in [-0.2, 0) is 79.7 Å². The molecule has 0 aliphatic heterocycles. The van der Waals surface area contributed by atoms with Gasteiger partial charge in [0.15, 0.2) is 0 Å². The summed E-state index contributed by atoms with van der Waals surface area (Å²) >= 11 is 0. The molecule has 0 aliphatic carbocycles. The first-order valence-corrected chi connectivity index (χ1v) is 11.7. The number of hydrogen-bond donors (Lipinski definition) is 2. The summed E-state index contributed by atoms with van der Waals surface area (Å²) in [5.41, 5.74) is 2.40. The van der Waals surface area contributed by atoms with Gasteiger partial charge in [-0.3, -0.25) is 9.59 Å². The van der Waals surface area contributed by atoms with Crippen molar-refractivity contribution in [2.24, 2.45) is 0 Å². The van der Waals surface area contributed by atoms with Gasteiger partial charge in [-0.15, -0.1) is 11.1 Å². The number of carbonyl (C=O) groups excluding carboxylic acids is 2. The molecule has 2 N–H and O–H groups in total. The molecule has 0 aliphatic rings. The third-order valence-electron chi connectivity index (χ3n) is 4.15. The molecule has 200 valence electrons. The van der Waals surface area contributed by atoms with Gasteiger partial charge in [0.1, 0.15) is 0 Å². The summed E-state index contributed by atoms with van der Waals surface area (Å²) in [4.78, 5) is 20.7. The Morgan fingerprint density at radius 1 is 0.784 bits per heavy atom. The summed E-state index contributed by atoms with van der Waals surface area (Å²) in [5.74, 6) is 0.0406. The van der Waals surface area contributed by atoms with E-state index in [0.29, 0.717) is 12.6 Å². The number of allylic oxidation sites excluding steroid dienone is 2. The second-order valence-electron chi connectivity index (χ2n) is 7.69. The normalized spacial score (nSPS) is 10.9. The van der Waals surface area contributed by atoms with E-state index in [0.717, 1.165) is 6.42 Å². The molecule has 0 fully saturated rings. The van der Waals surface area contributed by atoms with E-state index in [4.69, 9.17) is 4.74 Å². The van der Waals surface area contributed by atoms with Crippen molar-refractivity contribution in [3.8, 4) is 0 Å². The molecular formula is C30H44N2O3Y2-2. The molecule has 2 radical (unpaired) electrons. The summed E-state index contributed by atoms with van der Waals surface area (Å²) in [6.07, 6.45) is 8.52.